The van der Waals surface area contributed by atoms with Gasteiger partial charge in [-0.15, -0.1) is 0 Å². The summed E-state index contributed by atoms with van der Waals surface area (Å²) in [5.74, 6) is 0.823. The lowest BCUT2D eigenvalue weighted by atomic mass is 10.2. The van der Waals surface area contributed by atoms with E-state index in [0.717, 1.165) is 23.5 Å². The SMILES string of the molecule is CC(c1cn(CC2CC2)cn1)n1nc(Br)c2c(Cl)ncnc21. The molecule has 3 heterocycles. The molecule has 1 atom stereocenters. The summed E-state index contributed by atoms with van der Waals surface area (Å²) in [6.45, 7) is 3.11. The molecule has 3 aromatic heterocycles. The number of hydrogen-bond donors (Lipinski definition) is 0. The van der Waals surface area contributed by atoms with Gasteiger partial charge in [-0.25, -0.2) is 19.6 Å². The molecular weight excluding hydrogens is 368 g/mol. The van der Waals surface area contributed by atoms with E-state index in [-0.39, 0.29) is 6.04 Å². The number of rotatable bonds is 4. The van der Waals surface area contributed by atoms with E-state index < -0.39 is 0 Å². The van der Waals surface area contributed by atoms with Crippen molar-refractivity contribution in [3.63, 3.8) is 0 Å². The smallest absolute Gasteiger partial charge is 0.164 e. The van der Waals surface area contributed by atoms with Crippen LogP contribution in [0.5, 0.6) is 0 Å². The zero-order valence-corrected chi connectivity index (χ0v) is 14.3. The Balaban J connectivity index is 1.71. The summed E-state index contributed by atoms with van der Waals surface area (Å²) >= 11 is 9.57. The minimum atomic E-state index is -0.0276. The van der Waals surface area contributed by atoms with E-state index in [2.05, 4.69) is 53.7 Å². The lowest BCUT2D eigenvalue weighted by Gasteiger charge is -2.10. The molecule has 8 heteroatoms. The van der Waals surface area contributed by atoms with Gasteiger partial charge in [0.25, 0.3) is 0 Å². The van der Waals surface area contributed by atoms with Crippen molar-refractivity contribution in [2.45, 2.75) is 32.4 Å². The topological polar surface area (TPSA) is 61.4 Å². The molecule has 1 aliphatic rings. The molecule has 22 heavy (non-hydrogen) atoms. The lowest BCUT2D eigenvalue weighted by Crippen LogP contribution is -2.09. The van der Waals surface area contributed by atoms with Crippen LogP contribution >= 0.6 is 27.5 Å². The second kappa shape index (κ2) is 5.31. The Morgan fingerprint density at radius 3 is 2.95 bits per heavy atom. The third kappa shape index (κ3) is 2.42. The van der Waals surface area contributed by atoms with Gasteiger partial charge in [-0.05, 0) is 41.6 Å². The van der Waals surface area contributed by atoms with Gasteiger partial charge in [0, 0.05) is 12.7 Å². The maximum absolute atomic E-state index is 6.14. The molecule has 4 rings (SSSR count). The van der Waals surface area contributed by atoms with Crippen LogP contribution in [0.15, 0.2) is 23.5 Å². The van der Waals surface area contributed by atoms with E-state index in [0.29, 0.717) is 15.4 Å². The minimum absolute atomic E-state index is 0.0276. The first-order valence-corrected chi connectivity index (χ1v) is 8.36. The summed E-state index contributed by atoms with van der Waals surface area (Å²) in [7, 11) is 0. The van der Waals surface area contributed by atoms with E-state index in [1.165, 1.54) is 19.2 Å². The molecule has 1 aliphatic carbocycles. The molecule has 0 radical (unpaired) electrons. The third-order valence-corrected chi connectivity index (χ3v) is 4.86. The Bertz CT molecular complexity index is 837. The Morgan fingerprint density at radius 2 is 2.18 bits per heavy atom. The van der Waals surface area contributed by atoms with Crippen LogP contribution in [0.4, 0.5) is 0 Å². The highest BCUT2D eigenvalue weighted by Crippen LogP contribution is 2.32. The number of aromatic nitrogens is 6. The fourth-order valence-corrected chi connectivity index (χ4v) is 3.45. The first-order valence-electron chi connectivity index (χ1n) is 7.19. The van der Waals surface area contributed by atoms with E-state index in [1.54, 1.807) is 0 Å². The van der Waals surface area contributed by atoms with Crippen LogP contribution in [-0.2, 0) is 6.54 Å². The maximum Gasteiger partial charge on any atom is 0.164 e. The molecule has 1 unspecified atom stereocenters. The summed E-state index contributed by atoms with van der Waals surface area (Å²) in [5.41, 5.74) is 1.67. The zero-order chi connectivity index (χ0) is 15.3. The molecule has 1 fully saturated rings. The normalized spacial score (nSPS) is 16.3. The molecule has 0 bridgehead atoms. The number of imidazole rings is 1. The molecule has 3 aromatic rings. The maximum atomic E-state index is 6.14. The van der Waals surface area contributed by atoms with Crippen molar-refractivity contribution in [3.05, 3.63) is 34.3 Å². The van der Waals surface area contributed by atoms with Gasteiger partial charge in [0.1, 0.15) is 16.1 Å². The van der Waals surface area contributed by atoms with Crippen molar-refractivity contribution >= 4 is 38.6 Å². The standard InChI is InChI=1S/C14H14BrClN6/c1-8(10-5-21(7-19-10)4-9-2-3-9)22-14-11(12(15)20-22)13(16)17-6-18-14/h5-9H,2-4H2,1H3. The van der Waals surface area contributed by atoms with Crippen LogP contribution in [0, 0.1) is 5.92 Å². The molecule has 6 nitrogen and oxygen atoms in total. The first-order chi connectivity index (χ1) is 10.6. The molecule has 0 aliphatic heterocycles. The van der Waals surface area contributed by atoms with E-state index in [9.17, 15) is 0 Å². The van der Waals surface area contributed by atoms with Gasteiger partial charge in [0.15, 0.2) is 5.65 Å². The van der Waals surface area contributed by atoms with Crippen molar-refractivity contribution in [2.24, 2.45) is 5.92 Å². The van der Waals surface area contributed by atoms with Gasteiger partial charge in [-0.2, -0.15) is 5.10 Å². The van der Waals surface area contributed by atoms with Gasteiger partial charge in [-0.1, -0.05) is 11.6 Å². The Kier molecular flexibility index (Phi) is 3.41. The Morgan fingerprint density at radius 1 is 1.36 bits per heavy atom. The summed E-state index contributed by atoms with van der Waals surface area (Å²) < 4.78 is 4.64. The van der Waals surface area contributed by atoms with Crippen molar-refractivity contribution in [1.29, 1.82) is 0 Å². The summed E-state index contributed by atoms with van der Waals surface area (Å²) in [5, 5.41) is 5.63. The Labute approximate surface area is 140 Å². The number of hydrogen-bond acceptors (Lipinski definition) is 4. The first kappa shape index (κ1) is 14.1. The molecule has 114 valence electrons. The van der Waals surface area contributed by atoms with E-state index >= 15 is 0 Å². The molecule has 0 aromatic carbocycles. The Hall–Kier alpha value is -1.47. The highest BCUT2D eigenvalue weighted by molar-refractivity contribution is 9.10. The largest absolute Gasteiger partial charge is 0.337 e. The van der Waals surface area contributed by atoms with Crippen LogP contribution in [0.2, 0.25) is 5.15 Å². The van der Waals surface area contributed by atoms with Crippen molar-refractivity contribution in [1.82, 2.24) is 29.3 Å². The predicted molar refractivity (Wildman–Crippen MR) is 86.8 cm³/mol. The summed E-state index contributed by atoms with van der Waals surface area (Å²) in [4.78, 5) is 12.8. The fraction of sp³-hybridized carbons (Fsp3) is 0.429. The molecule has 0 spiro atoms. The van der Waals surface area contributed by atoms with E-state index in [4.69, 9.17) is 11.6 Å². The molecule has 0 saturated heterocycles. The highest BCUT2D eigenvalue weighted by Gasteiger charge is 2.23. The van der Waals surface area contributed by atoms with Gasteiger partial charge >= 0.3 is 0 Å². The summed E-state index contributed by atoms with van der Waals surface area (Å²) in [6.07, 6.45) is 8.10. The lowest BCUT2D eigenvalue weighted by molar-refractivity contribution is 0.562. The van der Waals surface area contributed by atoms with E-state index in [1.807, 2.05) is 11.0 Å². The van der Waals surface area contributed by atoms with Crippen LogP contribution in [-0.4, -0.2) is 29.3 Å². The van der Waals surface area contributed by atoms with Gasteiger partial charge in [0.05, 0.1) is 23.4 Å². The average molecular weight is 382 g/mol. The number of fused-ring (bicyclic) bond motifs is 1. The second-order valence-corrected chi connectivity index (χ2v) is 6.82. The minimum Gasteiger partial charge on any atom is -0.337 e. The van der Waals surface area contributed by atoms with Crippen LogP contribution in [0.1, 0.15) is 31.5 Å². The monoisotopic (exact) mass is 380 g/mol. The zero-order valence-electron chi connectivity index (χ0n) is 11.9. The quantitative estimate of drug-likeness (QED) is 0.649. The highest BCUT2D eigenvalue weighted by atomic mass is 79.9. The molecule has 0 N–H and O–H groups in total. The van der Waals surface area contributed by atoms with Crippen LogP contribution in [0.3, 0.4) is 0 Å². The van der Waals surface area contributed by atoms with Crippen molar-refractivity contribution in [3.8, 4) is 0 Å². The van der Waals surface area contributed by atoms with Crippen LogP contribution < -0.4 is 0 Å². The number of halogens is 2. The fourth-order valence-electron chi connectivity index (χ4n) is 2.59. The summed E-state index contributed by atoms with van der Waals surface area (Å²) in [6, 6.07) is -0.0276. The van der Waals surface area contributed by atoms with Crippen LogP contribution in [0.25, 0.3) is 11.0 Å². The number of nitrogens with zero attached hydrogens (tertiary/aromatic N) is 6. The van der Waals surface area contributed by atoms with Gasteiger partial charge < -0.3 is 4.57 Å². The van der Waals surface area contributed by atoms with Crippen molar-refractivity contribution in [2.75, 3.05) is 0 Å². The van der Waals surface area contributed by atoms with Gasteiger partial charge in [-0.3, -0.25) is 0 Å². The third-order valence-electron chi connectivity index (χ3n) is 4.01. The molecule has 0 amide bonds. The average Bonchev–Trinajstić information content (AvgIpc) is 3.06. The van der Waals surface area contributed by atoms with Gasteiger partial charge in [0.2, 0.25) is 0 Å². The second-order valence-electron chi connectivity index (χ2n) is 5.71. The molecule has 1 saturated carbocycles. The molecular formula is C14H14BrClN6. The van der Waals surface area contributed by atoms with Crippen molar-refractivity contribution < 1.29 is 0 Å². The predicted octanol–water partition coefficient (Wildman–Crippen LogP) is 3.46.